The average molecular weight is 197 g/mol. The Bertz CT molecular complexity index is 168. The van der Waals surface area contributed by atoms with Crippen molar-refractivity contribution in [3.8, 4) is 0 Å². The van der Waals surface area contributed by atoms with Crippen LogP contribution in [0.2, 0.25) is 0 Å². The van der Waals surface area contributed by atoms with Crippen molar-refractivity contribution in [2.75, 3.05) is 13.2 Å². The number of hydrogen-bond donors (Lipinski definition) is 2. The van der Waals surface area contributed by atoms with Crippen molar-refractivity contribution in [1.29, 1.82) is 0 Å². The summed E-state index contributed by atoms with van der Waals surface area (Å²) in [6.07, 6.45) is 10.4. The molecule has 0 aliphatic heterocycles. The third kappa shape index (κ3) is 4.77. The third-order valence-corrected chi connectivity index (χ3v) is 2.93. The standard InChI is InChI=1S/C12H23NO/c1-11(6-5-9-14)13-10-12-7-3-2-4-8-12/h2-3,11-14H,4-10H2,1H3/t11-,12-/m1/s1. The maximum absolute atomic E-state index is 8.70. The van der Waals surface area contributed by atoms with E-state index in [0.29, 0.717) is 12.6 Å². The molecule has 0 aromatic rings. The first-order valence-electron chi connectivity index (χ1n) is 5.82. The molecule has 0 saturated carbocycles. The number of aliphatic hydroxyl groups is 1. The van der Waals surface area contributed by atoms with E-state index in [2.05, 4.69) is 24.4 Å². The van der Waals surface area contributed by atoms with Gasteiger partial charge in [-0.2, -0.15) is 0 Å². The fourth-order valence-electron chi connectivity index (χ4n) is 1.91. The van der Waals surface area contributed by atoms with Gasteiger partial charge in [-0.3, -0.25) is 0 Å². The van der Waals surface area contributed by atoms with Crippen LogP contribution in [0.3, 0.4) is 0 Å². The maximum atomic E-state index is 8.70. The van der Waals surface area contributed by atoms with Gasteiger partial charge in [-0.25, -0.2) is 0 Å². The van der Waals surface area contributed by atoms with E-state index in [4.69, 9.17) is 5.11 Å². The van der Waals surface area contributed by atoms with Crippen molar-refractivity contribution in [1.82, 2.24) is 5.32 Å². The molecular formula is C12H23NO. The van der Waals surface area contributed by atoms with Crippen molar-refractivity contribution in [3.63, 3.8) is 0 Å². The van der Waals surface area contributed by atoms with Crippen LogP contribution in [0.4, 0.5) is 0 Å². The van der Waals surface area contributed by atoms with E-state index in [1.54, 1.807) is 0 Å². The van der Waals surface area contributed by atoms with Crippen molar-refractivity contribution < 1.29 is 5.11 Å². The summed E-state index contributed by atoms with van der Waals surface area (Å²) in [5.41, 5.74) is 0. The molecule has 2 N–H and O–H groups in total. The van der Waals surface area contributed by atoms with Crippen LogP contribution >= 0.6 is 0 Å². The number of nitrogens with one attached hydrogen (secondary N) is 1. The van der Waals surface area contributed by atoms with Crippen LogP contribution in [-0.4, -0.2) is 24.3 Å². The van der Waals surface area contributed by atoms with E-state index in [1.165, 1.54) is 19.3 Å². The van der Waals surface area contributed by atoms with Crippen molar-refractivity contribution >= 4 is 0 Å². The molecule has 0 aromatic carbocycles. The third-order valence-electron chi connectivity index (χ3n) is 2.93. The normalized spacial score (nSPS) is 23.7. The minimum Gasteiger partial charge on any atom is -0.396 e. The summed E-state index contributed by atoms with van der Waals surface area (Å²) >= 11 is 0. The van der Waals surface area contributed by atoms with E-state index < -0.39 is 0 Å². The van der Waals surface area contributed by atoms with E-state index in [9.17, 15) is 0 Å². The number of hydrogen-bond acceptors (Lipinski definition) is 2. The molecule has 0 bridgehead atoms. The summed E-state index contributed by atoms with van der Waals surface area (Å²) in [6.45, 7) is 3.66. The van der Waals surface area contributed by atoms with Crippen LogP contribution in [-0.2, 0) is 0 Å². The largest absolute Gasteiger partial charge is 0.396 e. The van der Waals surface area contributed by atoms with Gasteiger partial charge in [0.1, 0.15) is 0 Å². The zero-order valence-electron chi connectivity index (χ0n) is 9.21. The summed E-state index contributed by atoms with van der Waals surface area (Å²) in [5, 5.41) is 12.2. The second kappa shape index (κ2) is 7.02. The Morgan fingerprint density at radius 1 is 1.50 bits per heavy atom. The molecule has 0 amide bonds. The van der Waals surface area contributed by atoms with Crippen LogP contribution in [0.1, 0.15) is 39.0 Å². The highest BCUT2D eigenvalue weighted by Crippen LogP contribution is 2.17. The van der Waals surface area contributed by atoms with E-state index in [0.717, 1.165) is 25.3 Å². The molecular weight excluding hydrogens is 174 g/mol. The Kier molecular flexibility index (Phi) is 5.88. The molecule has 1 rings (SSSR count). The minimum atomic E-state index is 0.318. The molecule has 2 nitrogen and oxygen atoms in total. The highest BCUT2D eigenvalue weighted by Gasteiger charge is 2.10. The molecule has 0 unspecified atom stereocenters. The fraction of sp³-hybridized carbons (Fsp3) is 0.833. The lowest BCUT2D eigenvalue weighted by atomic mass is 9.94. The molecule has 0 aromatic heterocycles. The van der Waals surface area contributed by atoms with Gasteiger partial charge in [0.25, 0.3) is 0 Å². The summed E-state index contributed by atoms with van der Waals surface area (Å²) < 4.78 is 0. The maximum Gasteiger partial charge on any atom is 0.0431 e. The number of rotatable bonds is 6. The quantitative estimate of drug-likeness (QED) is 0.639. The predicted octanol–water partition coefficient (Wildman–Crippen LogP) is 2.09. The number of aliphatic hydroxyl groups excluding tert-OH is 1. The zero-order chi connectivity index (χ0) is 10.2. The van der Waals surface area contributed by atoms with Crippen molar-refractivity contribution in [2.24, 2.45) is 5.92 Å². The van der Waals surface area contributed by atoms with Gasteiger partial charge in [-0.15, -0.1) is 0 Å². The molecule has 82 valence electrons. The molecule has 14 heavy (non-hydrogen) atoms. The van der Waals surface area contributed by atoms with Gasteiger partial charge in [0, 0.05) is 12.6 Å². The molecule has 0 radical (unpaired) electrons. The van der Waals surface area contributed by atoms with Gasteiger partial charge in [0.15, 0.2) is 0 Å². The van der Waals surface area contributed by atoms with Crippen molar-refractivity contribution in [2.45, 2.75) is 45.1 Å². The Morgan fingerprint density at radius 3 is 3.00 bits per heavy atom. The average Bonchev–Trinajstić information content (AvgIpc) is 2.25. The monoisotopic (exact) mass is 197 g/mol. The molecule has 1 aliphatic carbocycles. The minimum absolute atomic E-state index is 0.318. The highest BCUT2D eigenvalue weighted by atomic mass is 16.2. The van der Waals surface area contributed by atoms with Gasteiger partial charge < -0.3 is 10.4 Å². The Balaban J connectivity index is 2.04. The predicted molar refractivity (Wildman–Crippen MR) is 60.3 cm³/mol. The topological polar surface area (TPSA) is 32.3 Å². The molecule has 0 saturated heterocycles. The smallest absolute Gasteiger partial charge is 0.0431 e. The van der Waals surface area contributed by atoms with Crippen LogP contribution in [0.25, 0.3) is 0 Å². The molecule has 0 fully saturated rings. The lowest BCUT2D eigenvalue weighted by Crippen LogP contribution is -2.31. The SMILES string of the molecule is C[C@H](CCCO)NC[C@@H]1CC=CCC1. The van der Waals surface area contributed by atoms with E-state index in [1.807, 2.05) is 0 Å². The Hall–Kier alpha value is -0.340. The van der Waals surface area contributed by atoms with E-state index >= 15 is 0 Å². The lowest BCUT2D eigenvalue weighted by molar-refractivity contribution is 0.274. The summed E-state index contributed by atoms with van der Waals surface area (Å²) in [4.78, 5) is 0. The van der Waals surface area contributed by atoms with Crippen LogP contribution < -0.4 is 5.32 Å². The molecule has 2 atom stereocenters. The number of allylic oxidation sites excluding steroid dienone is 2. The summed E-state index contributed by atoms with van der Waals surface area (Å²) in [5.74, 6) is 0.830. The summed E-state index contributed by atoms with van der Waals surface area (Å²) in [7, 11) is 0. The van der Waals surface area contributed by atoms with Gasteiger partial charge >= 0.3 is 0 Å². The first-order valence-corrected chi connectivity index (χ1v) is 5.82. The van der Waals surface area contributed by atoms with Crippen LogP contribution in [0.5, 0.6) is 0 Å². The Labute approximate surface area is 87.4 Å². The second-order valence-electron chi connectivity index (χ2n) is 4.33. The van der Waals surface area contributed by atoms with Gasteiger partial charge in [-0.1, -0.05) is 12.2 Å². The van der Waals surface area contributed by atoms with Crippen molar-refractivity contribution in [3.05, 3.63) is 12.2 Å². The lowest BCUT2D eigenvalue weighted by Gasteiger charge is -2.21. The molecule has 2 heteroatoms. The Morgan fingerprint density at radius 2 is 2.36 bits per heavy atom. The van der Waals surface area contributed by atoms with Gasteiger partial charge in [-0.05, 0) is 51.5 Å². The van der Waals surface area contributed by atoms with E-state index in [-0.39, 0.29) is 0 Å². The molecule has 0 heterocycles. The second-order valence-corrected chi connectivity index (χ2v) is 4.33. The van der Waals surface area contributed by atoms with Crippen LogP contribution in [0.15, 0.2) is 12.2 Å². The highest BCUT2D eigenvalue weighted by molar-refractivity contribution is 4.90. The fourth-order valence-corrected chi connectivity index (χ4v) is 1.91. The summed E-state index contributed by atoms with van der Waals surface area (Å²) in [6, 6.07) is 0.549. The van der Waals surface area contributed by atoms with Crippen LogP contribution in [0, 0.1) is 5.92 Å². The zero-order valence-corrected chi connectivity index (χ0v) is 9.21. The molecule has 0 spiro atoms. The first-order chi connectivity index (χ1) is 6.83. The molecule has 1 aliphatic rings. The van der Waals surface area contributed by atoms with Gasteiger partial charge in [0.2, 0.25) is 0 Å². The van der Waals surface area contributed by atoms with Gasteiger partial charge in [0.05, 0.1) is 0 Å². The first kappa shape index (κ1) is 11.7.